The highest BCUT2D eigenvalue weighted by molar-refractivity contribution is 9.10. The Bertz CT molecular complexity index is 510. The molecule has 2 aromatic rings. The number of nitrogens with one attached hydrogen (secondary N) is 1. The predicted octanol–water partition coefficient (Wildman–Crippen LogP) is 4.25. The third-order valence-electron chi connectivity index (χ3n) is 2.58. The molecule has 1 heterocycles. The van der Waals surface area contributed by atoms with Crippen LogP contribution in [-0.4, -0.2) is 0 Å². The van der Waals surface area contributed by atoms with E-state index in [9.17, 15) is 4.39 Å². The summed E-state index contributed by atoms with van der Waals surface area (Å²) in [5, 5.41) is 5.46. The number of aryl methyl sites for hydroxylation is 1. The molecule has 0 spiro atoms. The molecule has 0 aliphatic carbocycles. The van der Waals surface area contributed by atoms with Crippen LogP contribution in [0.5, 0.6) is 0 Å². The van der Waals surface area contributed by atoms with Crippen LogP contribution >= 0.6 is 27.3 Å². The topological polar surface area (TPSA) is 12.0 Å². The van der Waals surface area contributed by atoms with E-state index in [4.69, 9.17) is 0 Å². The first kappa shape index (κ1) is 12.7. The lowest BCUT2D eigenvalue weighted by atomic mass is 10.2. The maximum absolute atomic E-state index is 12.9. The van der Waals surface area contributed by atoms with Gasteiger partial charge in [0.2, 0.25) is 0 Å². The zero-order valence-electron chi connectivity index (χ0n) is 9.47. The van der Waals surface area contributed by atoms with E-state index in [1.165, 1.54) is 22.6 Å². The zero-order chi connectivity index (χ0) is 12.3. The van der Waals surface area contributed by atoms with E-state index in [-0.39, 0.29) is 5.82 Å². The minimum Gasteiger partial charge on any atom is -0.308 e. The number of rotatable bonds is 4. The van der Waals surface area contributed by atoms with Gasteiger partial charge < -0.3 is 5.32 Å². The molecular formula is C13H13BrFNS. The highest BCUT2D eigenvalue weighted by Crippen LogP contribution is 2.19. The van der Waals surface area contributed by atoms with Gasteiger partial charge in [0, 0.05) is 22.4 Å². The summed E-state index contributed by atoms with van der Waals surface area (Å²) in [6, 6.07) is 6.90. The Kier molecular flexibility index (Phi) is 4.31. The SMILES string of the molecule is Cc1ccsc1CNCc1ccc(F)cc1Br. The third kappa shape index (κ3) is 3.37. The van der Waals surface area contributed by atoms with Crippen molar-refractivity contribution in [2.45, 2.75) is 20.0 Å². The highest BCUT2D eigenvalue weighted by Gasteiger charge is 2.02. The Balaban J connectivity index is 1.92. The maximum Gasteiger partial charge on any atom is 0.124 e. The van der Waals surface area contributed by atoms with E-state index in [1.807, 2.05) is 0 Å². The highest BCUT2D eigenvalue weighted by atomic mass is 79.9. The first-order chi connectivity index (χ1) is 8.16. The van der Waals surface area contributed by atoms with Crippen LogP contribution < -0.4 is 5.32 Å². The van der Waals surface area contributed by atoms with Gasteiger partial charge in [-0.15, -0.1) is 11.3 Å². The Hall–Kier alpha value is -0.710. The Morgan fingerprint density at radius 1 is 1.29 bits per heavy atom. The van der Waals surface area contributed by atoms with Crippen molar-refractivity contribution in [1.82, 2.24) is 5.32 Å². The van der Waals surface area contributed by atoms with Crippen molar-refractivity contribution in [2.24, 2.45) is 0 Å². The van der Waals surface area contributed by atoms with Gasteiger partial charge in [0.05, 0.1) is 0 Å². The van der Waals surface area contributed by atoms with E-state index in [0.29, 0.717) is 0 Å². The maximum atomic E-state index is 12.9. The largest absolute Gasteiger partial charge is 0.308 e. The molecule has 0 saturated carbocycles. The van der Waals surface area contributed by atoms with Crippen molar-refractivity contribution in [2.75, 3.05) is 0 Å². The van der Waals surface area contributed by atoms with Crippen LogP contribution in [0.2, 0.25) is 0 Å². The Morgan fingerprint density at radius 3 is 2.76 bits per heavy atom. The fourth-order valence-corrected chi connectivity index (χ4v) is 2.93. The molecule has 0 saturated heterocycles. The average Bonchev–Trinajstić information content (AvgIpc) is 2.68. The van der Waals surface area contributed by atoms with E-state index < -0.39 is 0 Å². The fraction of sp³-hybridized carbons (Fsp3) is 0.231. The van der Waals surface area contributed by atoms with Gasteiger partial charge in [0.1, 0.15) is 5.82 Å². The minimum absolute atomic E-state index is 0.213. The van der Waals surface area contributed by atoms with Gasteiger partial charge in [0.15, 0.2) is 0 Å². The predicted molar refractivity (Wildman–Crippen MR) is 73.7 cm³/mol. The van der Waals surface area contributed by atoms with Crippen LogP contribution in [-0.2, 0) is 13.1 Å². The molecule has 0 atom stereocenters. The molecule has 1 aromatic carbocycles. The molecule has 1 nitrogen and oxygen atoms in total. The zero-order valence-corrected chi connectivity index (χ0v) is 11.9. The van der Waals surface area contributed by atoms with Crippen LogP contribution in [0, 0.1) is 12.7 Å². The second kappa shape index (κ2) is 5.76. The molecule has 0 amide bonds. The second-order valence-electron chi connectivity index (χ2n) is 3.87. The Labute approximate surface area is 113 Å². The smallest absolute Gasteiger partial charge is 0.124 e. The lowest BCUT2D eigenvalue weighted by Gasteiger charge is -2.06. The van der Waals surface area contributed by atoms with Crippen LogP contribution in [0.4, 0.5) is 4.39 Å². The normalized spacial score (nSPS) is 10.8. The number of hydrogen-bond donors (Lipinski definition) is 1. The number of thiophene rings is 1. The fourth-order valence-electron chi connectivity index (χ4n) is 1.56. The van der Waals surface area contributed by atoms with Gasteiger partial charge in [-0.25, -0.2) is 4.39 Å². The van der Waals surface area contributed by atoms with Crippen LogP contribution in [0.25, 0.3) is 0 Å². The second-order valence-corrected chi connectivity index (χ2v) is 5.72. The molecule has 0 bridgehead atoms. The summed E-state index contributed by atoms with van der Waals surface area (Å²) in [6.45, 7) is 3.70. The van der Waals surface area contributed by atoms with Crippen molar-refractivity contribution in [3.63, 3.8) is 0 Å². The molecule has 0 radical (unpaired) electrons. The van der Waals surface area contributed by atoms with E-state index in [2.05, 4.69) is 39.6 Å². The van der Waals surface area contributed by atoms with Crippen molar-refractivity contribution in [3.8, 4) is 0 Å². The molecule has 17 heavy (non-hydrogen) atoms. The summed E-state index contributed by atoms with van der Waals surface area (Å²) >= 11 is 5.12. The summed E-state index contributed by atoms with van der Waals surface area (Å²) in [5.74, 6) is -0.213. The third-order valence-corrected chi connectivity index (χ3v) is 4.35. The van der Waals surface area contributed by atoms with Gasteiger partial charge in [-0.2, -0.15) is 0 Å². The van der Waals surface area contributed by atoms with Crippen LogP contribution in [0.1, 0.15) is 16.0 Å². The molecule has 0 unspecified atom stereocenters. The number of hydrogen-bond acceptors (Lipinski definition) is 2. The lowest BCUT2D eigenvalue weighted by Crippen LogP contribution is -2.12. The summed E-state index contributed by atoms with van der Waals surface area (Å²) in [7, 11) is 0. The van der Waals surface area contributed by atoms with Crippen molar-refractivity contribution in [1.29, 1.82) is 0 Å². The van der Waals surface area contributed by atoms with Gasteiger partial charge in [0.25, 0.3) is 0 Å². The molecule has 90 valence electrons. The van der Waals surface area contributed by atoms with Gasteiger partial charge >= 0.3 is 0 Å². The molecule has 2 rings (SSSR count). The molecule has 0 aliphatic rings. The van der Waals surface area contributed by atoms with E-state index >= 15 is 0 Å². The number of halogens is 2. The molecule has 1 aromatic heterocycles. The molecule has 1 N–H and O–H groups in total. The number of benzene rings is 1. The van der Waals surface area contributed by atoms with Crippen molar-refractivity contribution in [3.05, 3.63) is 55.9 Å². The summed E-state index contributed by atoms with van der Waals surface area (Å²) in [5.41, 5.74) is 2.39. The molecular weight excluding hydrogens is 301 g/mol. The van der Waals surface area contributed by atoms with Crippen molar-refractivity contribution < 1.29 is 4.39 Å². The van der Waals surface area contributed by atoms with Crippen LogP contribution in [0.15, 0.2) is 34.1 Å². The first-order valence-corrected chi connectivity index (χ1v) is 7.01. The lowest BCUT2D eigenvalue weighted by molar-refractivity contribution is 0.623. The minimum atomic E-state index is -0.213. The Morgan fingerprint density at radius 2 is 2.12 bits per heavy atom. The van der Waals surface area contributed by atoms with Crippen LogP contribution in [0.3, 0.4) is 0 Å². The summed E-state index contributed by atoms with van der Waals surface area (Å²) < 4.78 is 13.7. The van der Waals surface area contributed by atoms with Crippen molar-refractivity contribution >= 4 is 27.3 Å². The molecule has 4 heteroatoms. The van der Waals surface area contributed by atoms with Gasteiger partial charge in [-0.3, -0.25) is 0 Å². The monoisotopic (exact) mass is 313 g/mol. The standard InChI is InChI=1S/C13H13BrFNS/c1-9-4-5-17-13(9)8-16-7-10-2-3-11(15)6-12(10)14/h2-6,16H,7-8H2,1H3. The summed E-state index contributed by atoms with van der Waals surface area (Å²) in [6.07, 6.45) is 0. The average molecular weight is 314 g/mol. The molecule has 0 aliphatic heterocycles. The quantitative estimate of drug-likeness (QED) is 0.890. The van der Waals surface area contributed by atoms with Gasteiger partial charge in [-0.05, 0) is 41.6 Å². The van der Waals surface area contributed by atoms with E-state index in [0.717, 1.165) is 23.1 Å². The van der Waals surface area contributed by atoms with E-state index in [1.54, 1.807) is 17.4 Å². The summed E-state index contributed by atoms with van der Waals surface area (Å²) in [4.78, 5) is 1.35. The van der Waals surface area contributed by atoms with Gasteiger partial charge in [-0.1, -0.05) is 22.0 Å². The molecule has 0 fully saturated rings. The first-order valence-electron chi connectivity index (χ1n) is 5.34.